The van der Waals surface area contributed by atoms with Crippen molar-refractivity contribution in [2.75, 3.05) is 17.4 Å². The van der Waals surface area contributed by atoms with Crippen molar-refractivity contribution in [3.8, 4) is 0 Å². The highest BCUT2D eigenvalue weighted by Crippen LogP contribution is 2.25. The number of halogens is 2. The van der Waals surface area contributed by atoms with Gasteiger partial charge in [-0.3, -0.25) is 13.9 Å². The van der Waals surface area contributed by atoms with Crippen LogP contribution in [0.25, 0.3) is 0 Å². The van der Waals surface area contributed by atoms with Crippen LogP contribution < -0.4 is 9.62 Å². The molecule has 0 aliphatic heterocycles. The molecule has 0 fully saturated rings. The van der Waals surface area contributed by atoms with Gasteiger partial charge < -0.3 is 10.2 Å². The molecule has 10 heteroatoms. The summed E-state index contributed by atoms with van der Waals surface area (Å²) < 4.78 is 41.7. The van der Waals surface area contributed by atoms with E-state index in [4.69, 9.17) is 11.6 Å². The molecule has 3 rings (SSSR count). The molecule has 1 N–H and O–H groups in total. The van der Waals surface area contributed by atoms with Crippen LogP contribution in [0.4, 0.5) is 10.1 Å². The standard InChI is InChI=1S/C27H29ClFN3O4S/c1-3-17-30-27(34)20(2)31(18-21-9-7-8-12-25(21)28)26(33)19-32(23-15-13-22(29)14-16-23)37(35,36)24-10-5-4-6-11-24/h4-16,20H,3,17-19H2,1-2H3,(H,30,34)/t20-/m1/s1. The Hall–Kier alpha value is -3.43. The fourth-order valence-corrected chi connectivity index (χ4v) is 5.28. The summed E-state index contributed by atoms with van der Waals surface area (Å²) in [6, 6.07) is 18.5. The van der Waals surface area contributed by atoms with Gasteiger partial charge in [-0.25, -0.2) is 12.8 Å². The first kappa shape index (κ1) is 28.1. The van der Waals surface area contributed by atoms with E-state index in [0.29, 0.717) is 23.6 Å². The van der Waals surface area contributed by atoms with Crippen molar-refractivity contribution in [1.82, 2.24) is 10.2 Å². The Kier molecular flexibility index (Phi) is 9.66. The first-order valence-corrected chi connectivity index (χ1v) is 13.6. The van der Waals surface area contributed by atoms with Gasteiger partial charge in [0.25, 0.3) is 10.0 Å². The molecule has 0 heterocycles. The summed E-state index contributed by atoms with van der Waals surface area (Å²) in [5, 5.41) is 3.19. The van der Waals surface area contributed by atoms with Crippen LogP contribution in [0, 0.1) is 5.82 Å². The van der Waals surface area contributed by atoms with E-state index in [1.165, 1.54) is 29.2 Å². The van der Waals surface area contributed by atoms with Crippen molar-refractivity contribution in [2.45, 2.75) is 37.8 Å². The van der Waals surface area contributed by atoms with Gasteiger partial charge >= 0.3 is 0 Å². The molecule has 0 aliphatic rings. The lowest BCUT2D eigenvalue weighted by Gasteiger charge is -2.32. The minimum Gasteiger partial charge on any atom is -0.354 e. The molecule has 1 atom stereocenters. The summed E-state index contributed by atoms with van der Waals surface area (Å²) in [5.41, 5.74) is 0.714. The second-order valence-electron chi connectivity index (χ2n) is 8.38. The Bertz CT molecular complexity index is 1320. The SMILES string of the molecule is CCCNC(=O)[C@@H](C)N(Cc1ccccc1Cl)C(=O)CN(c1ccc(F)cc1)S(=O)(=O)c1ccccc1. The normalized spacial score (nSPS) is 12.0. The number of amides is 2. The van der Waals surface area contributed by atoms with Crippen LogP contribution >= 0.6 is 11.6 Å². The number of benzene rings is 3. The molecule has 3 aromatic carbocycles. The summed E-state index contributed by atoms with van der Waals surface area (Å²) in [6.07, 6.45) is 0.713. The van der Waals surface area contributed by atoms with Gasteiger partial charge in [0.15, 0.2) is 0 Å². The highest BCUT2D eigenvalue weighted by Gasteiger charge is 2.32. The zero-order valence-corrected chi connectivity index (χ0v) is 22.2. The highest BCUT2D eigenvalue weighted by atomic mass is 35.5. The number of nitrogens with one attached hydrogen (secondary N) is 1. The van der Waals surface area contributed by atoms with Crippen molar-refractivity contribution in [2.24, 2.45) is 0 Å². The topological polar surface area (TPSA) is 86.8 Å². The Morgan fingerprint density at radius 3 is 2.22 bits per heavy atom. The number of nitrogens with zero attached hydrogens (tertiary/aromatic N) is 2. The van der Waals surface area contributed by atoms with Crippen LogP contribution in [0.15, 0.2) is 83.8 Å². The van der Waals surface area contributed by atoms with Crippen LogP contribution in [0.5, 0.6) is 0 Å². The van der Waals surface area contributed by atoms with Gasteiger partial charge in [-0.05, 0) is 61.4 Å². The molecule has 0 spiro atoms. The van der Waals surface area contributed by atoms with Gasteiger partial charge in [-0.1, -0.05) is 54.9 Å². The molecular weight excluding hydrogens is 517 g/mol. The summed E-state index contributed by atoms with van der Waals surface area (Å²) in [6.45, 7) is 3.29. The number of rotatable bonds is 11. The van der Waals surface area contributed by atoms with Crippen LogP contribution in [0.2, 0.25) is 5.02 Å². The van der Waals surface area contributed by atoms with Crippen LogP contribution in [0.1, 0.15) is 25.8 Å². The predicted molar refractivity (Wildman–Crippen MR) is 142 cm³/mol. The van der Waals surface area contributed by atoms with Gasteiger partial charge in [0, 0.05) is 18.1 Å². The van der Waals surface area contributed by atoms with Crippen molar-refractivity contribution in [3.05, 3.63) is 95.3 Å². The van der Waals surface area contributed by atoms with Gasteiger partial charge in [-0.2, -0.15) is 0 Å². The van der Waals surface area contributed by atoms with E-state index in [9.17, 15) is 22.4 Å². The number of carbonyl (C=O) groups excluding carboxylic acids is 2. The highest BCUT2D eigenvalue weighted by molar-refractivity contribution is 7.92. The molecule has 0 saturated heterocycles. The Morgan fingerprint density at radius 2 is 1.59 bits per heavy atom. The van der Waals surface area contributed by atoms with Crippen molar-refractivity contribution >= 4 is 39.1 Å². The molecule has 0 bridgehead atoms. The van der Waals surface area contributed by atoms with Gasteiger partial charge in [0.2, 0.25) is 11.8 Å². The zero-order valence-electron chi connectivity index (χ0n) is 20.6. The van der Waals surface area contributed by atoms with E-state index in [1.807, 2.05) is 6.92 Å². The molecule has 0 saturated carbocycles. The predicted octanol–water partition coefficient (Wildman–Crippen LogP) is 4.62. The van der Waals surface area contributed by atoms with Gasteiger partial charge in [0.1, 0.15) is 18.4 Å². The average molecular weight is 546 g/mol. The second-order valence-corrected chi connectivity index (χ2v) is 10.7. The minimum atomic E-state index is -4.20. The second kappa shape index (κ2) is 12.7. The maximum absolute atomic E-state index is 13.7. The van der Waals surface area contributed by atoms with Crippen LogP contribution in [-0.2, 0) is 26.2 Å². The number of hydrogen-bond donors (Lipinski definition) is 1. The van der Waals surface area contributed by atoms with E-state index >= 15 is 0 Å². The summed E-state index contributed by atoms with van der Waals surface area (Å²) in [4.78, 5) is 27.8. The third kappa shape index (κ3) is 7.08. The van der Waals surface area contributed by atoms with Crippen LogP contribution in [-0.4, -0.2) is 44.3 Å². The van der Waals surface area contributed by atoms with E-state index in [1.54, 1.807) is 49.4 Å². The largest absolute Gasteiger partial charge is 0.354 e. The molecule has 2 amide bonds. The monoisotopic (exact) mass is 545 g/mol. The van der Waals surface area contributed by atoms with Crippen molar-refractivity contribution < 1.29 is 22.4 Å². The number of hydrogen-bond acceptors (Lipinski definition) is 4. The molecular formula is C27H29ClFN3O4S. The lowest BCUT2D eigenvalue weighted by molar-refractivity contribution is -0.139. The van der Waals surface area contributed by atoms with Gasteiger partial charge in [0.05, 0.1) is 10.6 Å². The smallest absolute Gasteiger partial charge is 0.264 e. The maximum Gasteiger partial charge on any atom is 0.264 e. The molecule has 7 nitrogen and oxygen atoms in total. The van der Waals surface area contributed by atoms with E-state index in [0.717, 1.165) is 16.4 Å². The lowest BCUT2D eigenvalue weighted by Crippen LogP contribution is -2.51. The maximum atomic E-state index is 13.7. The first-order chi connectivity index (χ1) is 17.6. The molecule has 0 unspecified atom stereocenters. The summed E-state index contributed by atoms with van der Waals surface area (Å²) in [7, 11) is -4.20. The average Bonchev–Trinajstić information content (AvgIpc) is 2.90. The number of anilines is 1. The third-order valence-electron chi connectivity index (χ3n) is 5.74. The Morgan fingerprint density at radius 1 is 0.973 bits per heavy atom. The molecule has 37 heavy (non-hydrogen) atoms. The van der Waals surface area contributed by atoms with Crippen LogP contribution in [0.3, 0.4) is 0 Å². The Labute approximate surface area is 221 Å². The minimum absolute atomic E-state index is 0.0120. The fourth-order valence-electron chi connectivity index (χ4n) is 3.64. The zero-order chi connectivity index (χ0) is 27.0. The molecule has 0 radical (unpaired) electrons. The molecule has 196 valence electrons. The van der Waals surface area contributed by atoms with Gasteiger partial charge in [-0.15, -0.1) is 0 Å². The number of carbonyl (C=O) groups is 2. The van der Waals surface area contributed by atoms with E-state index in [2.05, 4.69) is 5.32 Å². The number of sulfonamides is 1. The molecule has 0 aliphatic carbocycles. The van der Waals surface area contributed by atoms with E-state index < -0.39 is 34.3 Å². The summed E-state index contributed by atoms with van der Waals surface area (Å²) in [5.74, 6) is -1.54. The quantitative estimate of drug-likeness (QED) is 0.381. The van der Waals surface area contributed by atoms with Crippen molar-refractivity contribution in [1.29, 1.82) is 0 Å². The fraction of sp³-hybridized carbons (Fsp3) is 0.259. The molecule has 0 aromatic heterocycles. The third-order valence-corrected chi connectivity index (χ3v) is 7.90. The summed E-state index contributed by atoms with van der Waals surface area (Å²) >= 11 is 6.33. The van der Waals surface area contributed by atoms with E-state index in [-0.39, 0.29) is 23.0 Å². The Balaban J connectivity index is 2.01. The molecule has 3 aromatic rings. The lowest BCUT2D eigenvalue weighted by atomic mass is 10.1. The van der Waals surface area contributed by atoms with Crippen molar-refractivity contribution in [3.63, 3.8) is 0 Å². The first-order valence-electron chi connectivity index (χ1n) is 11.8.